The number of carboxylic acids is 1. The molecule has 0 aromatic heterocycles. The Balaban J connectivity index is 4.24. The number of carbonyl (C=O) groups excluding carboxylic acids is 1. The van der Waals surface area contributed by atoms with Gasteiger partial charge in [0.25, 0.3) is 0 Å². The van der Waals surface area contributed by atoms with Crippen LogP contribution in [0, 0.1) is 0 Å². The predicted octanol–water partition coefficient (Wildman–Crippen LogP) is 1.61. The van der Waals surface area contributed by atoms with Crippen LogP contribution < -0.4 is 5.73 Å². The summed E-state index contributed by atoms with van der Waals surface area (Å²) in [5, 5.41) is 9.20. The normalized spacial score (nSPS) is 12.6. The van der Waals surface area contributed by atoms with E-state index >= 15 is 0 Å². The molecule has 1 unspecified atom stereocenters. The molecule has 18 heavy (non-hydrogen) atoms. The summed E-state index contributed by atoms with van der Waals surface area (Å²) in [5.74, 6) is -1.31. The topological polar surface area (TPSA) is 83.6 Å². The number of carboxylic acid groups (broad SMARTS) is 1. The van der Waals surface area contributed by atoms with Crippen LogP contribution in [-0.2, 0) is 9.59 Å². The molecule has 106 valence electrons. The van der Waals surface area contributed by atoms with Gasteiger partial charge in [-0.1, -0.05) is 33.1 Å². The minimum Gasteiger partial charge on any atom is -0.480 e. The summed E-state index contributed by atoms with van der Waals surface area (Å²) < 4.78 is 0. The van der Waals surface area contributed by atoms with Crippen LogP contribution in [0.2, 0.25) is 0 Å². The summed E-state index contributed by atoms with van der Waals surface area (Å²) >= 11 is 0. The quantitative estimate of drug-likeness (QED) is 0.551. The van der Waals surface area contributed by atoms with Gasteiger partial charge in [0.2, 0.25) is 5.91 Å². The summed E-state index contributed by atoms with van der Waals surface area (Å²) in [6, 6.07) is -0.593. The summed E-state index contributed by atoms with van der Waals surface area (Å²) in [7, 11) is 0. The number of amides is 1. The van der Waals surface area contributed by atoms with Crippen molar-refractivity contribution in [3.63, 3.8) is 0 Å². The SMILES string of the molecule is CCCCCCN(CC)C(CCC(N)=O)C(=O)O. The summed E-state index contributed by atoms with van der Waals surface area (Å²) in [6.07, 6.45) is 4.89. The van der Waals surface area contributed by atoms with E-state index < -0.39 is 17.9 Å². The van der Waals surface area contributed by atoms with Crippen LogP contribution in [0.5, 0.6) is 0 Å². The molecule has 0 spiro atoms. The molecule has 0 fully saturated rings. The number of nitrogens with two attached hydrogens (primary N) is 1. The van der Waals surface area contributed by atoms with Gasteiger partial charge in [0.15, 0.2) is 0 Å². The van der Waals surface area contributed by atoms with Gasteiger partial charge in [-0.05, 0) is 25.9 Å². The Kier molecular flexibility index (Phi) is 9.28. The van der Waals surface area contributed by atoms with Crippen LogP contribution >= 0.6 is 0 Å². The average molecular weight is 258 g/mol. The number of aliphatic carboxylic acids is 1. The molecule has 1 atom stereocenters. The number of rotatable bonds is 11. The second-order valence-corrected chi connectivity index (χ2v) is 4.55. The molecular weight excluding hydrogens is 232 g/mol. The zero-order chi connectivity index (χ0) is 14.0. The number of primary amides is 1. The molecule has 0 saturated heterocycles. The fourth-order valence-corrected chi connectivity index (χ4v) is 2.02. The third-order valence-electron chi connectivity index (χ3n) is 3.10. The largest absolute Gasteiger partial charge is 0.480 e. The van der Waals surface area contributed by atoms with Crippen molar-refractivity contribution in [3.8, 4) is 0 Å². The second-order valence-electron chi connectivity index (χ2n) is 4.55. The monoisotopic (exact) mass is 258 g/mol. The molecule has 0 rings (SSSR count). The van der Waals surface area contributed by atoms with Gasteiger partial charge >= 0.3 is 5.97 Å². The lowest BCUT2D eigenvalue weighted by atomic mass is 10.1. The second kappa shape index (κ2) is 9.88. The van der Waals surface area contributed by atoms with E-state index in [0.29, 0.717) is 13.0 Å². The van der Waals surface area contributed by atoms with Crippen molar-refractivity contribution in [2.75, 3.05) is 13.1 Å². The van der Waals surface area contributed by atoms with Gasteiger partial charge in [0.1, 0.15) is 6.04 Å². The van der Waals surface area contributed by atoms with Gasteiger partial charge in [-0.3, -0.25) is 14.5 Å². The Morgan fingerprint density at radius 1 is 1.22 bits per heavy atom. The number of carbonyl (C=O) groups is 2. The number of hydrogen-bond acceptors (Lipinski definition) is 3. The lowest BCUT2D eigenvalue weighted by Crippen LogP contribution is -2.42. The molecule has 0 aromatic rings. The first kappa shape index (κ1) is 16.9. The first-order valence-corrected chi connectivity index (χ1v) is 6.78. The van der Waals surface area contributed by atoms with E-state index in [4.69, 9.17) is 5.73 Å². The highest BCUT2D eigenvalue weighted by molar-refractivity contribution is 5.77. The van der Waals surface area contributed by atoms with Crippen molar-refractivity contribution in [2.45, 2.75) is 58.4 Å². The third kappa shape index (κ3) is 7.27. The van der Waals surface area contributed by atoms with Crippen LogP contribution in [0.15, 0.2) is 0 Å². The first-order chi connectivity index (χ1) is 8.52. The summed E-state index contributed by atoms with van der Waals surface area (Å²) in [6.45, 7) is 5.54. The third-order valence-corrected chi connectivity index (χ3v) is 3.10. The molecule has 0 radical (unpaired) electrons. The van der Waals surface area contributed by atoms with Crippen LogP contribution in [0.4, 0.5) is 0 Å². The maximum atomic E-state index is 11.2. The lowest BCUT2D eigenvalue weighted by molar-refractivity contribution is -0.143. The molecule has 3 N–H and O–H groups in total. The maximum Gasteiger partial charge on any atom is 0.320 e. The minimum absolute atomic E-state index is 0.127. The van der Waals surface area contributed by atoms with Gasteiger partial charge in [0, 0.05) is 6.42 Å². The van der Waals surface area contributed by atoms with Crippen LogP contribution in [0.1, 0.15) is 52.4 Å². The van der Waals surface area contributed by atoms with Gasteiger partial charge in [0.05, 0.1) is 0 Å². The molecule has 1 amide bonds. The molecule has 0 bridgehead atoms. The van der Waals surface area contributed by atoms with Crippen molar-refractivity contribution in [2.24, 2.45) is 5.73 Å². The Morgan fingerprint density at radius 2 is 1.89 bits per heavy atom. The average Bonchev–Trinajstić information content (AvgIpc) is 2.31. The Bertz CT molecular complexity index is 257. The highest BCUT2D eigenvalue weighted by atomic mass is 16.4. The van der Waals surface area contributed by atoms with E-state index in [2.05, 4.69) is 6.92 Å². The van der Waals surface area contributed by atoms with Crippen molar-refractivity contribution in [3.05, 3.63) is 0 Å². The molecule has 5 nitrogen and oxygen atoms in total. The molecule has 5 heteroatoms. The Labute approximate surface area is 109 Å². The predicted molar refractivity (Wildman–Crippen MR) is 71.2 cm³/mol. The van der Waals surface area contributed by atoms with E-state index in [9.17, 15) is 14.7 Å². The highest BCUT2D eigenvalue weighted by Crippen LogP contribution is 2.10. The molecular formula is C13H26N2O3. The lowest BCUT2D eigenvalue weighted by Gasteiger charge is -2.27. The van der Waals surface area contributed by atoms with Gasteiger partial charge in [-0.15, -0.1) is 0 Å². The van der Waals surface area contributed by atoms with E-state index in [1.54, 1.807) is 0 Å². The van der Waals surface area contributed by atoms with Gasteiger partial charge in [-0.25, -0.2) is 0 Å². The van der Waals surface area contributed by atoms with Crippen LogP contribution in [-0.4, -0.2) is 41.0 Å². The van der Waals surface area contributed by atoms with Crippen molar-refractivity contribution < 1.29 is 14.7 Å². The number of unbranched alkanes of at least 4 members (excludes halogenated alkanes) is 3. The Morgan fingerprint density at radius 3 is 2.33 bits per heavy atom. The number of nitrogens with zero attached hydrogens (tertiary/aromatic N) is 1. The number of likely N-dealkylation sites (N-methyl/N-ethyl adjacent to an activating group) is 1. The van der Waals surface area contributed by atoms with Crippen molar-refractivity contribution in [1.29, 1.82) is 0 Å². The Hall–Kier alpha value is -1.10. The minimum atomic E-state index is -0.867. The zero-order valence-corrected chi connectivity index (χ0v) is 11.5. The van der Waals surface area contributed by atoms with Gasteiger partial charge < -0.3 is 10.8 Å². The van der Waals surface area contributed by atoms with Crippen molar-refractivity contribution >= 4 is 11.9 Å². The highest BCUT2D eigenvalue weighted by Gasteiger charge is 2.24. The van der Waals surface area contributed by atoms with E-state index in [1.807, 2.05) is 11.8 Å². The summed E-state index contributed by atoms with van der Waals surface area (Å²) in [5.41, 5.74) is 5.07. The maximum absolute atomic E-state index is 11.2. The molecule has 0 heterocycles. The van der Waals surface area contributed by atoms with Gasteiger partial charge in [-0.2, -0.15) is 0 Å². The van der Waals surface area contributed by atoms with Crippen molar-refractivity contribution in [1.82, 2.24) is 4.90 Å². The van der Waals surface area contributed by atoms with E-state index in [-0.39, 0.29) is 6.42 Å². The molecule has 0 aliphatic rings. The fourth-order valence-electron chi connectivity index (χ4n) is 2.02. The number of hydrogen-bond donors (Lipinski definition) is 2. The smallest absolute Gasteiger partial charge is 0.320 e. The standard InChI is InChI=1S/C13H26N2O3/c1-3-5-6-7-10-15(4-2)11(13(17)18)8-9-12(14)16/h11H,3-10H2,1-2H3,(H2,14,16)(H,17,18). The molecule has 0 aromatic carbocycles. The zero-order valence-electron chi connectivity index (χ0n) is 11.5. The summed E-state index contributed by atoms with van der Waals surface area (Å²) in [4.78, 5) is 23.9. The van der Waals surface area contributed by atoms with E-state index in [1.165, 1.54) is 6.42 Å². The van der Waals surface area contributed by atoms with E-state index in [0.717, 1.165) is 25.8 Å². The molecule has 0 saturated carbocycles. The fraction of sp³-hybridized carbons (Fsp3) is 0.846. The first-order valence-electron chi connectivity index (χ1n) is 6.78. The van der Waals surface area contributed by atoms with Crippen LogP contribution in [0.25, 0.3) is 0 Å². The van der Waals surface area contributed by atoms with Crippen LogP contribution in [0.3, 0.4) is 0 Å². The molecule has 0 aliphatic carbocycles. The molecule has 0 aliphatic heterocycles.